The monoisotopic (exact) mass is 155 g/mol. The minimum absolute atomic E-state index is 1.04. The second kappa shape index (κ2) is 9.67. The first-order valence-corrected chi connectivity index (χ1v) is 4.90. The predicted octanol–water partition coefficient (Wildman–Crippen LogP) is 3.44. The summed E-state index contributed by atoms with van der Waals surface area (Å²) in [4.78, 5) is 4.26. The highest BCUT2D eigenvalue weighted by atomic mass is 14.7. The van der Waals surface area contributed by atoms with E-state index in [1.165, 1.54) is 32.1 Å². The molecule has 66 valence electrons. The summed E-state index contributed by atoms with van der Waals surface area (Å²) in [7, 11) is 0. The molecule has 0 N–H and O–H groups in total. The minimum atomic E-state index is 1.04. The average molecular weight is 155 g/mol. The zero-order chi connectivity index (χ0) is 8.36. The van der Waals surface area contributed by atoms with Crippen LogP contribution in [0.2, 0.25) is 0 Å². The topological polar surface area (TPSA) is 12.4 Å². The molecule has 1 heteroatoms. The average Bonchev–Trinajstić information content (AvgIpc) is 2.03. The van der Waals surface area contributed by atoms with Crippen molar-refractivity contribution < 1.29 is 0 Å². The van der Waals surface area contributed by atoms with Crippen LogP contribution in [-0.4, -0.2) is 12.8 Å². The van der Waals surface area contributed by atoms with Gasteiger partial charge in [0.15, 0.2) is 0 Å². The zero-order valence-electron chi connectivity index (χ0n) is 7.97. The molecule has 0 atom stereocenters. The molecule has 1 nitrogen and oxygen atoms in total. The van der Waals surface area contributed by atoms with E-state index < -0.39 is 0 Å². The Balaban J connectivity index is 2.85. The van der Waals surface area contributed by atoms with Gasteiger partial charge < -0.3 is 0 Å². The molecule has 0 amide bonds. The molecule has 0 rings (SSSR count). The Morgan fingerprint density at radius 1 is 1.00 bits per heavy atom. The summed E-state index contributed by atoms with van der Waals surface area (Å²) < 4.78 is 0. The van der Waals surface area contributed by atoms with Crippen LogP contribution in [0.4, 0.5) is 0 Å². The molecule has 0 aliphatic heterocycles. The standard InChI is InChI=1S/C10H21N/c1-3-5-6-7-8-10-11-9-4-2/h9H,3-8,10H2,1-2H3. The van der Waals surface area contributed by atoms with Gasteiger partial charge in [0, 0.05) is 6.54 Å². The summed E-state index contributed by atoms with van der Waals surface area (Å²) in [6.07, 6.45) is 9.83. The molecule has 0 aliphatic rings. The normalized spacial score (nSPS) is 11.1. The van der Waals surface area contributed by atoms with Crippen molar-refractivity contribution in [2.24, 2.45) is 4.99 Å². The van der Waals surface area contributed by atoms with Gasteiger partial charge in [0.05, 0.1) is 0 Å². The molecule has 0 saturated carbocycles. The highest BCUT2D eigenvalue weighted by Crippen LogP contribution is 2.01. The third-order valence-corrected chi connectivity index (χ3v) is 1.70. The number of rotatable bonds is 7. The highest BCUT2D eigenvalue weighted by Gasteiger charge is 1.85. The van der Waals surface area contributed by atoms with E-state index in [4.69, 9.17) is 0 Å². The quantitative estimate of drug-likeness (QED) is 0.394. The molecule has 0 radical (unpaired) electrons. The van der Waals surface area contributed by atoms with Crippen LogP contribution in [0.15, 0.2) is 4.99 Å². The van der Waals surface area contributed by atoms with Gasteiger partial charge in [-0.25, -0.2) is 0 Å². The van der Waals surface area contributed by atoms with Crippen molar-refractivity contribution in [2.45, 2.75) is 52.4 Å². The van der Waals surface area contributed by atoms with Gasteiger partial charge in [0.1, 0.15) is 0 Å². The third kappa shape index (κ3) is 9.67. The van der Waals surface area contributed by atoms with E-state index in [9.17, 15) is 0 Å². The van der Waals surface area contributed by atoms with Gasteiger partial charge in [-0.05, 0) is 19.1 Å². The maximum absolute atomic E-state index is 4.26. The Morgan fingerprint density at radius 3 is 2.36 bits per heavy atom. The summed E-state index contributed by atoms with van der Waals surface area (Å²) in [5, 5.41) is 0. The van der Waals surface area contributed by atoms with Gasteiger partial charge in [-0.3, -0.25) is 4.99 Å². The van der Waals surface area contributed by atoms with E-state index in [1.807, 2.05) is 6.21 Å². The van der Waals surface area contributed by atoms with Gasteiger partial charge in [-0.2, -0.15) is 0 Å². The first kappa shape index (κ1) is 10.7. The van der Waals surface area contributed by atoms with Crippen LogP contribution in [-0.2, 0) is 0 Å². The molecule has 11 heavy (non-hydrogen) atoms. The van der Waals surface area contributed by atoms with Crippen molar-refractivity contribution in [1.29, 1.82) is 0 Å². The summed E-state index contributed by atoms with van der Waals surface area (Å²) in [6.45, 7) is 5.41. The van der Waals surface area contributed by atoms with Crippen molar-refractivity contribution in [1.82, 2.24) is 0 Å². The van der Waals surface area contributed by atoms with E-state index in [2.05, 4.69) is 18.8 Å². The minimum Gasteiger partial charge on any atom is -0.298 e. The molecule has 0 aromatic carbocycles. The van der Waals surface area contributed by atoms with Crippen molar-refractivity contribution in [2.75, 3.05) is 6.54 Å². The Kier molecular flexibility index (Phi) is 9.38. The fourth-order valence-corrected chi connectivity index (χ4v) is 1.03. The fraction of sp³-hybridized carbons (Fsp3) is 0.900. The summed E-state index contributed by atoms with van der Waals surface area (Å²) in [5.74, 6) is 0. The van der Waals surface area contributed by atoms with Gasteiger partial charge in [-0.15, -0.1) is 0 Å². The van der Waals surface area contributed by atoms with Crippen LogP contribution < -0.4 is 0 Å². The van der Waals surface area contributed by atoms with Crippen LogP contribution in [0.3, 0.4) is 0 Å². The first-order valence-electron chi connectivity index (χ1n) is 4.90. The van der Waals surface area contributed by atoms with Crippen LogP contribution in [0.5, 0.6) is 0 Å². The number of aliphatic imine (C=N–C) groups is 1. The Hall–Kier alpha value is -0.330. The fourth-order valence-electron chi connectivity index (χ4n) is 1.03. The van der Waals surface area contributed by atoms with Crippen molar-refractivity contribution >= 4 is 6.21 Å². The smallest absolute Gasteiger partial charge is 0.0385 e. The Labute approximate surface area is 70.9 Å². The third-order valence-electron chi connectivity index (χ3n) is 1.70. The summed E-state index contributed by atoms with van der Waals surface area (Å²) in [5.41, 5.74) is 0. The van der Waals surface area contributed by atoms with Crippen molar-refractivity contribution in [3.8, 4) is 0 Å². The lowest BCUT2D eigenvalue weighted by molar-refractivity contribution is 0.639. The second-order valence-corrected chi connectivity index (χ2v) is 2.91. The van der Waals surface area contributed by atoms with E-state index in [1.54, 1.807) is 0 Å². The molecular weight excluding hydrogens is 134 g/mol. The molecular formula is C10H21N. The van der Waals surface area contributed by atoms with Crippen molar-refractivity contribution in [3.05, 3.63) is 0 Å². The largest absolute Gasteiger partial charge is 0.298 e. The van der Waals surface area contributed by atoms with E-state index in [-0.39, 0.29) is 0 Å². The molecule has 0 aliphatic carbocycles. The van der Waals surface area contributed by atoms with E-state index >= 15 is 0 Å². The van der Waals surface area contributed by atoms with Gasteiger partial charge >= 0.3 is 0 Å². The maximum atomic E-state index is 4.26. The van der Waals surface area contributed by atoms with Crippen LogP contribution in [0, 0.1) is 0 Å². The van der Waals surface area contributed by atoms with E-state index in [0.29, 0.717) is 0 Å². The lowest BCUT2D eigenvalue weighted by atomic mass is 10.2. The summed E-state index contributed by atoms with van der Waals surface area (Å²) in [6, 6.07) is 0. The molecule has 0 unspecified atom stereocenters. The molecule has 0 aromatic heterocycles. The van der Waals surface area contributed by atoms with Crippen LogP contribution >= 0.6 is 0 Å². The lowest BCUT2D eigenvalue weighted by Gasteiger charge is -1.95. The summed E-state index contributed by atoms with van der Waals surface area (Å²) >= 11 is 0. The van der Waals surface area contributed by atoms with E-state index in [0.717, 1.165) is 13.0 Å². The van der Waals surface area contributed by atoms with Gasteiger partial charge in [0.25, 0.3) is 0 Å². The number of hydrogen-bond donors (Lipinski definition) is 0. The Morgan fingerprint density at radius 2 is 1.73 bits per heavy atom. The first-order chi connectivity index (χ1) is 5.41. The zero-order valence-corrected chi connectivity index (χ0v) is 7.97. The molecule has 0 heterocycles. The van der Waals surface area contributed by atoms with Crippen LogP contribution in [0.25, 0.3) is 0 Å². The van der Waals surface area contributed by atoms with Crippen molar-refractivity contribution in [3.63, 3.8) is 0 Å². The number of hydrogen-bond acceptors (Lipinski definition) is 1. The molecule has 0 spiro atoms. The number of unbranched alkanes of at least 4 members (excludes halogenated alkanes) is 4. The molecule has 0 fully saturated rings. The molecule has 0 bridgehead atoms. The SMILES string of the molecule is CCC=NCCCCCCC. The molecule has 0 saturated heterocycles. The van der Waals surface area contributed by atoms with Crippen LogP contribution in [0.1, 0.15) is 52.4 Å². The number of nitrogens with zero attached hydrogens (tertiary/aromatic N) is 1. The van der Waals surface area contributed by atoms with Gasteiger partial charge in [-0.1, -0.05) is 39.5 Å². The molecule has 0 aromatic rings. The second-order valence-electron chi connectivity index (χ2n) is 2.91. The predicted molar refractivity (Wildman–Crippen MR) is 52.4 cm³/mol. The lowest BCUT2D eigenvalue weighted by Crippen LogP contribution is -1.82. The van der Waals surface area contributed by atoms with Gasteiger partial charge in [0.2, 0.25) is 0 Å². The Bertz CT molecular complexity index is 86.9. The maximum Gasteiger partial charge on any atom is 0.0385 e. The highest BCUT2D eigenvalue weighted by molar-refractivity contribution is 5.56.